The van der Waals surface area contributed by atoms with E-state index in [1.54, 1.807) is 17.5 Å². The van der Waals surface area contributed by atoms with E-state index in [9.17, 15) is 0 Å². The summed E-state index contributed by atoms with van der Waals surface area (Å²) in [6.45, 7) is 0. The quantitative estimate of drug-likeness (QED) is 0.701. The highest BCUT2D eigenvalue weighted by Gasteiger charge is 2.03. The van der Waals surface area contributed by atoms with Gasteiger partial charge in [-0.05, 0) is 11.4 Å². The summed E-state index contributed by atoms with van der Waals surface area (Å²) in [6, 6.07) is 1.98. The highest BCUT2D eigenvalue weighted by molar-refractivity contribution is 7.08. The van der Waals surface area contributed by atoms with Crippen LogP contribution in [0.3, 0.4) is 0 Å². The van der Waals surface area contributed by atoms with E-state index in [1.807, 2.05) is 16.8 Å². The molecule has 12 heavy (non-hydrogen) atoms. The topological polar surface area (TPSA) is 25.8 Å². The van der Waals surface area contributed by atoms with Gasteiger partial charge in [-0.15, -0.1) is 0 Å². The molecular weight excluding hydrogens is 192 g/mol. The predicted molar refractivity (Wildman–Crippen MR) is 50.4 cm³/mol. The summed E-state index contributed by atoms with van der Waals surface area (Å²) in [6.07, 6.45) is 3.10. The molecule has 0 aliphatic heterocycles. The second-order valence-electron chi connectivity index (χ2n) is 2.23. The van der Waals surface area contributed by atoms with Gasteiger partial charge in [0.1, 0.15) is 6.33 Å². The minimum Gasteiger partial charge on any atom is -0.243 e. The van der Waals surface area contributed by atoms with Gasteiger partial charge in [-0.1, -0.05) is 11.6 Å². The lowest BCUT2D eigenvalue weighted by atomic mass is 10.2. The minimum atomic E-state index is 0.593. The van der Waals surface area contributed by atoms with E-state index in [0.29, 0.717) is 5.02 Å². The summed E-state index contributed by atoms with van der Waals surface area (Å²) in [4.78, 5) is 7.90. The Morgan fingerprint density at radius 1 is 1.42 bits per heavy atom. The Kier molecular flexibility index (Phi) is 2.06. The summed E-state index contributed by atoms with van der Waals surface area (Å²) in [7, 11) is 0. The molecule has 0 N–H and O–H groups in total. The molecule has 0 bridgehead atoms. The Morgan fingerprint density at radius 2 is 2.33 bits per heavy atom. The molecule has 0 amide bonds. The smallest absolute Gasteiger partial charge is 0.116 e. The SMILES string of the molecule is Clc1cncnc1-c1ccsc1. The fourth-order valence-electron chi connectivity index (χ4n) is 0.924. The van der Waals surface area contributed by atoms with Crippen LogP contribution < -0.4 is 0 Å². The van der Waals surface area contributed by atoms with Gasteiger partial charge in [0.25, 0.3) is 0 Å². The first-order valence-electron chi connectivity index (χ1n) is 3.36. The van der Waals surface area contributed by atoms with Crippen LogP contribution in [0, 0.1) is 0 Å². The Morgan fingerprint density at radius 3 is 3.00 bits per heavy atom. The molecule has 2 heterocycles. The molecule has 0 aromatic carbocycles. The van der Waals surface area contributed by atoms with Crippen molar-refractivity contribution in [2.24, 2.45) is 0 Å². The highest BCUT2D eigenvalue weighted by Crippen LogP contribution is 2.25. The van der Waals surface area contributed by atoms with Crippen LogP contribution in [0.4, 0.5) is 0 Å². The monoisotopic (exact) mass is 196 g/mol. The molecule has 2 nitrogen and oxygen atoms in total. The first kappa shape index (κ1) is 7.71. The molecule has 0 fully saturated rings. The number of hydrogen-bond acceptors (Lipinski definition) is 3. The van der Waals surface area contributed by atoms with Crippen LogP contribution in [-0.4, -0.2) is 9.97 Å². The van der Waals surface area contributed by atoms with Crippen molar-refractivity contribution >= 4 is 22.9 Å². The number of halogens is 1. The van der Waals surface area contributed by atoms with Crippen molar-refractivity contribution in [1.29, 1.82) is 0 Å². The summed E-state index contributed by atoms with van der Waals surface area (Å²) in [5, 5.41) is 4.60. The zero-order chi connectivity index (χ0) is 8.39. The fourth-order valence-corrected chi connectivity index (χ4v) is 1.78. The van der Waals surface area contributed by atoms with Gasteiger partial charge in [0, 0.05) is 17.1 Å². The average molecular weight is 197 g/mol. The third kappa shape index (κ3) is 1.33. The standard InChI is InChI=1S/C8H5ClN2S/c9-7-3-10-5-11-8(7)6-1-2-12-4-6/h1-5H. The second-order valence-corrected chi connectivity index (χ2v) is 3.42. The zero-order valence-corrected chi connectivity index (χ0v) is 7.64. The summed E-state index contributed by atoms with van der Waals surface area (Å²) in [5.41, 5.74) is 1.85. The van der Waals surface area contributed by atoms with Crippen molar-refractivity contribution < 1.29 is 0 Å². The van der Waals surface area contributed by atoms with Crippen molar-refractivity contribution in [3.8, 4) is 11.3 Å². The van der Waals surface area contributed by atoms with Gasteiger partial charge in [-0.3, -0.25) is 0 Å². The van der Waals surface area contributed by atoms with Gasteiger partial charge in [-0.2, -0.15) is 11.3 Å². The van der Waals surface area contributed by atoms with Crippen LogP contribution in [0.2, 0.25) is 5.02 Å². The van der Waals surface area contributed by atoms with E-state index in [0.717, 1.165) is 11.3 Å². The summed E-state index contributed by atoms with van der Waals surface area (Å²) < 4.78 is 0. The molecule has 0 spiro atoms. The number of aromatic nitrogens is 2. The Bertz CT molecular complexity index is 372. The van der Waals surface area contributed by atoms with E-state index in [2.05, 4.69) is 9.97 Å². The van der Waals surface area contributed by atoms with Gasteiger partial charge >= 0.3 is 0 Å². The van der Waals surface area contributed by atoms with Crippen LogP contribution in [-0.2, 0) is 0 Å². The molecule has 0 saturated carbocycles. The highest BCUT2D eigenvalue weighted by atomic mass is 35.5. The number of hydrogen-bond donors (Lipinski definition) is 0. The van der Waals surface area contributed by atoms with Crippen molar-refractivity contribution in [3.05, 3.63) is 34.4 Å². The van der Waals surface area contributed by atoms with Crippen molar-refractivity contribution in [2.45, 2.75) is 0 Å². The molecule has 0 radical (unpaired) electrons. The fraction of sp³-hybridized carbons (Fsp3) is 0. The van der Waals surface area contributed by atoms with Gasteiger partial charge in [0.05, 0.1) is 10.7 Å². The van der Waals surface area contributed by atoms with Crippen molar-refractivity contribution in [2.75, 3.05) is 0 Å². The molecule has 2 aromatic rings. The Hall–Kier alpha value is -0.930. The largest absolute Gasteiger partial charge is 0.243 e. The molecule has 0 unspecified atom stereocenters. The molecule has 2 aromatic heterocycles. The zero-order valence-electron chi connectivity index (χ0n) is 6.07. The van der Waals surface area contributed by atoms with Gasteiger partial charge < -0.3 is 0 Å². The van der Waals surface area contributed by atoms with Crippen LogP contribution in [0.25, 0.3) is 11.3 Å². The lowest BCUT2D eigenvalue weighted by molar-refractivity contribution is 1.17. The van der Waals surface area contributed by atoms with Crippen molar-refractivity contribution in [1.82, 2.24) is 9.97 Å². The van der Waals surface area contributed by atoms with Crippen LogP contribution in [0.1, 0.15) is 0 Å². The molecule has 0 atom stereocenters. The molecular formula is C8H5ClN2S. The van der Waals surface area contributed by atoms with Crippen LogP contribution >= 0.6 is 22.9 Å². The van der Waals surface area contributed by atoms with E-state index in [1.165, 1.54) is 6.33 Å². The van der Waals surface area contributed by atoms with Gasteiger partial charge in [0.2, 0.25) is 0 Å². The molecule has 0 saturated heterocycles. The van der Waals surface area contributed by atoms with Gasteiger partial charge in [-0.25, -0.2) is 9.97 Å². The Balaban J connectivity index is 2.55. The van der Waals surface area contributed by atoms with Crippen LogP contribution in [0.15, 0.2) is 29.4 Å². The maximum atomic E-state index is 5.90. The molecule has 2 rings (SSSR count). The molecule has 0 aliphatic carbocycles. The predicted octanol–water partition coefficient (Wildman–Crippen LogP) is 2.86. The number of nitrogens with zero attached hydrogens (tertiary/aromatic N) is 2. The molecule has 60 valence electrons. The Labute approximate surface area is 78.9 Å². The van der Waals surface area contributed by atoms with E-state index >= 15 is 0 Å². The van der Waals surface area contributed by atoms with Gasteiger partial charge in [0.15, 0.2) is 0 Å². The normalized spacial score (nSPS) is 10.1. The first-order valence-corrected chi connectivity index (χ1v) is 4.68. The molecule has 0 aliphatic rings. The van der Waals surface area contributed by atoms with Crippen molar-refractivity contribution in [3.63, 3.8) is 0 Å². The maximum absolute atomic E-state index is 5.90. The van der Waals surface area contributed by atoms with E-state index in [-0.39, 0.29) is 0 Å². The van der Waals surface area contributed by atoms with E-state index in [4.69, 9.17) is 11.6 Å². The summed E-state index contributed by atoms with van der Waals surface area (Å²) >= 11 is 7.52. The number of thiophene rings is 1. The minimum absolute atomic E-state index is 0.593. The number of rotatable bonds is 1. The maximum Gasteiger partial charge on any atom is 0.116 e. The molecule has 4 heteroatoms. The second kappa shape index (κ2) is 3.21. The third-order valence-corrected chi connectivity index (χ3v) is 2.42. The summed E-state index contributed by atoms with van der Waals surface area (Å²) in [5.74, 6) is 0. The lowest BCUT2D eigenvalue weighted by Crippen LogP contribution is -1.83. The third-order valence-electron chi connectivity index (χ3n) is 1.46. The van der Waals surface area contributed by atoms with E-state index < -0.39 is 0 Å². The van der Waals surface area contributed by atoms with Crippen LogP contribution in [0.5, 0.6) is 0 Å². The average Bonchev–Trinajstić information content (AvgIpc) is 2.57. The lowest BCUT2D eigenvalue weighted by Gasteiger charge is -1.96. The first-order chi connectivity index (χ1) is 5.88.